The molecule has 0 saturated carbocycles. The van der Waals surface area contributed by atoms with E-state index >= 15 is 0 Å². The topological polar surface area (TPSA) is 20.3 Å². The summed E-state index contributed by atoms with van der Waals surface area (Å²) >= 11 is 0. The number of carbonyl (C=O) groups excluding carboxylic acids is 1. The van der Waals surface area contributed by atoms with E-state index in [-0.39, 0.29) is 5.91 Å². The van der Waals surface area contributed by atoms with Crippen molar-refractivity contribution in [2.24, 2.45) is 0 Å². The first-order valence-corrected chi connectivity index (χ1v) is 4.99. The SMILES string of the molecule is CC(C)c1cccc2c1CC(=O)N2C. The van der Waals surface area contributed by atoms with Gasteiger partial charge in [0, 0.05) is 12.7 Å². The molecular formula is C12H15NO. The summed E-state index contributed by atoms with van der Waals surface area (Å²) in [5.74, 6) is 0.692. The summed E-state index contributed by atoms with van der Waals surface area (Å²) in [6.07, 6.45) is 0.570. The molecule has 1 aliphatic heterocycles. The molecule has 2 nitrogen and oxygen atoms in total. The lowest BCUT2D eigenvalue weighted by Gasteiger charge is -2.13. The van der Waals surface area contributed by atoms with Crippen LogP contribution in [0.1, 0.15) is 30.9 Å². The number of fused-ring (bicyclic) bond motifs is 1. The Morgan fingerprint density at radius 3 is 2.71 bits per heavy atom. The third kappa shape index (κ3) is 1.22. The van der Waals surface area contributed by atoms with Crippen LogP contribution in [0.25, 0.3) is 0 Å². The van der Waals surface area contributed by atoms with Crippen LogP contribution in [0.5, 0.6) is 0 Å². The molecule has 0 fully saturated rings. The van der Waals surface area contributed by atoms with Gasteiger partial charge in [-0.25, -0.2) is 0 Å². The van der Waals surface area contributed by atoms with Gasteiger partial charge in [-0.2, -0.15) is 0 Å². The van der Waals surface area contributed by atoms with E-state index in [2.05, 4.69) is 19.9 Å². The molecule has 1 aromatic carbocycles. The minimum Gasteiger partial charge on any atom is -0.315 e. The molecule has 1 aromatic rings. The molecule has 0 aliphatic carbocycles. The van der Waals surface area contributed by atoms with Crippen LogP contribution < -0.4 is 4.90 Å². The Hall–Kier alpha value is -1.31. The molecule has 2 heteroatoms. The van der Waals surface area contributed by atoms with Crippen molar-refractivity contribution in [3.8, 4) is 0 Å². The van der Waals surface area contributed by atoms with Crippen LogP contribution in [-0.2, 0) is 11.2 Å². The summed E-state index contributed by atoms with van der Waals surface area (Å²) in [6.45, 7) is 4.33. The number of amides is 1. The second kappa shape index (κ2) is 3.12. The predicted molar refractivity (Wildman–Crippen MR) is 57.6 cm³/mol. The highest BCUT2D eigenvalue weighted by molar-refractivity contribution is 6.01. The van der Waals surface area contributed by atoms with E-state index < -0.39 is 0 Å². The molecule has 1 amide bonds. The van der Waals surface area contributed by atoms with Crippen LogP contribution in [0.2, 0.25) is 0 Å². The largest absolute Gasteiger partial charge is 0.315 e. The maximum Gasteiger partial charge on any atom is 0.231 e. The van der Waals surface area contributed by atoms with Crippen LogP contribution in [0, 0.1) is 0 Å². The van der Waals surface area contributed by atoms with Gasteiger partial charge >= 0.3 is 0 Å². The van der Waals surface area contributed by atoms with E-state index in [9.17, 15) is 4.79 Å². The molecule has 1 heterocycles. The van der Waals surface area contributed by atoms with Crippen LogP contribution in [0.3, 0.4) is 0 Å². The fourth-order valence-corrected chi connectivity index (χ4v) is 2.04. The first kappa shape index (κ1) is 9.25. The van der Waals surface area contributed by atoms with Gasteiger partial charge in [-0.15, -0.1) is 0 Å². The Balaban J connectivity index is 2.55. The molecule has 0 radical (unpaired) electrons. The number of likely N-dealkylation sites (N-methyl/N-ethyl adjacent to an activating group) is 1. The average Bonchev–Trinajstić information content (AvgIpc) is 2.43. The highest BCUT2D eigenvalue weighted by Gasteiger charge is 2.26. The second-order valence-electron chi connectivity index (χ2n) is 4.13. The Kier molecular flexibility index (Phi) is 2.06. The van der Waals surface area contributed by atoms with Crippen molar-refractivity contribution < 1.29 is 4.79 Å². The van der Waals surface area contributed by atoms with Gasteiger partial charge in [0.1, 0.15) is 0 Å². The number of rotatable bonds is 1. The van der Waals surface area contributed by atoms with Gasteiger partial charge in [-0.05, 0) is 23.1 Å². The molecule has 0 unspecified atom stereocenters. The number of anilines is 1. The van der Waals surface area contributed by atoms with E-state index in [1.165, 1.54) is 11.1 Å². The summed E-state index contributed by atoms with van der Waals surface area (Å²) in [5.41, 5.74) is 3.61. The van der Waals surface area contributed by atoms with Crippen molar-refractivity contribution in [1.29, 1.82) is 0 Å². The van der Waals surface area contributed by atoms with Gasteiger partial charge in [0.25, 0.3) is 0 Å². The molecule has 0 bridgehead atoms. The third-order valence-corrected chi connectivity index (χ3v) is 2.87. The van der Waals surface area contributed by atoms with Crippen molar-refractivity contribution in [3.63, 3.8) is 0 Å². The minimum absolute atomic E-state index is 0.202. The molecule has 0 aromatic heterocycles. The Bertz CT molecular complexity index is 382. The van der Waals surface area contributed by atoms with Gasteiger partial charge in [0.2, 0.25) is 5.91 Å². The van der Waals surface area contributed by atoms with Crippen molar-refractivity contribution in [1.82, 2.24) is 0 Å². The minimum atomic E-state index is 0.202. The molecular weight excluding hydrogens is 174 g/mol. The fourth-order valence-electron chi connectivity index (χ4n) is 2.04. The lowest BCUT2D eigenvalue weighted by atomic mass is 9.95. The zero-order valence-electron chi connectivity index (χ0n) is 8.87. The Labute approximate surface area is 84.5 Å². The first-order chi connectivity index (χ1) is 6.61. The van der Waals surface area contributed by atoms with Gasteiger partial charge in [-0.3, -0.25) is 4.79 Å². The summed E-state index contributed by atoms with van der Waals surface area (Å²) in [7, 11) is 1.85. The molecule has 0 spiro atoms. The van der Waals surface area contributed by atoms with Crippen molar-refractivity contribution in [3.05, 3.63) is 29.3 Å². The highest BCUT2D eigenvalue weighted by Crippen LogP contribution is 2.33. The number of nitrogens with zero attached hydrogens (tertiary/aromatic N) is 1. The molecule has 1 aliphatic rings. The monoisotopic (exact) mass is 189 g/mol. The van der Waals surface area contributed by atoms with Gasteiger partial charge < -0.3 is 4.90 Å². The summed E-state index contributed by atoms with van der Waals surface area (Å²) in [6, 6.07) is 6.17. The number of hydrogen-bond donors (Lipinski definition) is 0. The Morgan fingerprint density at radius 2 is 2.07 bits per heavy atom. The van der Waals surface area contributed by atoms with Crippen LogP contribution in [0.15, 0.2) is 18.2 Å². The van der Waals surface area contributed by atoms with Crippen molar-refractivity contribution in [2.45, 2.75) is 26.2 Å². The molecule has 14 heavy (non-hydrogen) atoms. The van der Waals surface area contributed by atoms with Crippen molar-refractivity contribution in [2.75, 3.05) is 11.9 Å². The summed E-state index contributed by atoms with van der Waals surface area (Å²) in [4.78, 5) is 13.3. The molecule has 0 atom stereocenters. The number of hydrogen-bond acceptors (Lipinski definition) is 1. The van der Waals surface area contributed by atoms with Crippen LogP contribution >= 0.6 is 0 Å². The molecule has 74 valence electrons. The van der Waals surface area contributed by atoms with E-state index in [0.29, 0.717) is 12.3 Å². The first-order valence-electron chi connectivity index (χ1n) is 4.99. The lowest BCUT2D eigenvalue weighted by Crippen LogP contribution is -2.20. The Morgan fingerprint density at radius 1 is 1.36 bits per heavy atom. The van der Waals surface area contributed by atoms with Crippen LogP contribution in [-0.4, -0.2) is 13.0 Å². The quantitative estimate of drug-likeness (QED) is 0.664. The third-order valence-electron chi connectivity index (χ3n) is 2.87. The fraction of sp³-hybridized carbons (Fsp3) is 0.417. The standard InChI is InChI=1S/C12H15NO/c1-8(2)9-5-4-6-11-10(9)7-12(14)13(11)3/h4-6,8H,7H2,1-3H3. The number of benzene rings is 1. The van der Waals surface area contributed by atoms with Gasteiger partial charge in [0.05, 0.1) is 6.42 Å². The highest BCUT2D eigenvalue weighted by atomic mass is 16.2. The second-order valence-corrected chi connectivity index (χ2v) is 4.13. The van der Waals surface area contributed by atoms with Crippen LogP contribution in [0.4, 0.5) is 5.69 Å². The summed E-state index contributed by atoms with van der Waals surface area (Å²) in [5, 5.41) is 0. The predicted octanol–water partition coefficient (Wildman–Crippen LogP) is 2.33. The maximum atomic E-state index is 11.5. The van der Waals surface area contributed by atoms with Crippen molar-refractivity contribution >= 4 is 11.6 Å². The van der Waals surface area contributed by atoms with E-state index in [1.54, 1.807) is 4.90 Å². The number of carbonyl (C=O) groups is 1. The maximum absolute atomic E-state index is 11.5. The zero-order chi connectivity index (χ0) is 10.3. The van der Waals surface area contributed by atoms with Gasteiger partial charge in [0.15, 0.2) is 0 Å². The zero-order valence-corrected chi connectivity index (χ0v) is 8.87. The van der Waals surface area contributed by atoms with E-state index in [0.717, 1.165) is 5.69 Å². The average molecular weight is 189 g/mol. The molecule has 0 N–H and O–H groups in total. The van der Waals surface area contributed by atoms with E-state index in [1.807, 2.05) is 19.2 Å². The molecule has 2 rings (SSSR count). The lowest BCUT2D eigenvalue weighted by molar-refractivity contribution is -0.117. The molecule has 0 saturated heterocycles. The normalized spacial score (nSPS) is 15.1. The van der Waals surface area contributed by atoms with E-state index in [4.69, 9.17) is 0 Å². The summed E-state index contributed by atoms with van der Waals surface area (Å²) < 4.78 is 0. The van der Waals surface area contributed by atoms with Gasteiger partial charge in [-0.1, -0.05) is 26.0 Å². The smallest absolute Gasteiger partial charge is 0.231 e.